The Morgan fingerprint density at radius 2 is 2.62 bits per heavy atom. The lowest BCUT2D eigenvalue weighted by Gasteiger charge is -1.91. The highest BCUT2D eigenvalue weighted by Crippen LogP contribution is 2.03. The number of nitrogens with zero attached hydrogens (tertiary/aromatic N) is 1. The Kier molecular flexibility index (Phi) is 1.30. The summed E-state index contributed by atoms with van der Waals surface area (Å²) in [6, 6.07) is 0. The molecule has 0 aliphatic heterocycles. The lowest BCUT2D eigenvalue weighted by atomic mass is 10.4. The zero-order valence-corrected chi connectivity index (χ0v) is 4.59. The molecular formula is C5H7N2O. The van der Waals surface area contributed by atoms with Crippen molar-refractivity contribution >= 4 is 0 Å². The van der Waals surface area contributed by atoms with Crippen molar-refractivity contribution in [2.75, 3.05) is 0 Å². The topological polar surface area (TPSA) is 48.6 Å². The second-order valence-corrected chi connectivity index (χ2v) is 1.62. The van der Waals surface area contributed by atoms with Gasteiger partial charge in [0.25, 0.3) is 0 Å². The van der Waals surface area contributed by atoms with Crippen molar-refractivity contribution in [1.82, 2.24) is 9.97 Å². The maximum absolute atomic E-state index is 10.5. The van der Waals surface area contributed by atoms with E-state index in [0.29, 0.717) is 5.82 Å². The predicted molar refractivity (Wildman–Crippen MR) is 27.7 cm³/mol. The minimum absolute atomic E-state index is 0.505. The van der Waals surface area contributed by atoms with E-state index < -0.39 is 6.10 Å². The summed E-state index contributed by atoms with van der Waals surface area (Å²) in [5, 5.41) is 10.5. The van der Waals surface area contributed by atoms with E-state index in [-0.39, 0.29) is 0 Å². The number of aromatic nitrogens is 2. The third-order valence-electron chi connectivity index (χ3n) is 0.904. The summed E-state index contributed by atoms with van der Waals surface area (Å²) in [7, 11) is 0. The molecule has 3 nitrogen and oxygen atoms in total. The van der Waals surface area contributed by atoms with Crippen LogP contribution in [0.2, 0.25) is 0 Å². The normalized spacial score (nSPS) is 13.8. The molecule has 1 aromatic heterocycles. The Balaban J connectivity index is 2.77. The highest BCUT2D eigenvalue weighted by atomic mass is 16.3. The van der Waals surface area contributed by atoms with E-state index in [1.807, 2.05) is 0 Å². The van der Waals surface area contributed by atoms with Crippen LogP contribution in [-0.2, 0) is 5.11 Å². The molecule has 0 saturated heterocycles. The van der Waals surface area contributed by atoms with Crippen LogP contribution in [0.3, 0.4) is 0 Å². The van der Waals surface area contributed by atoms with E-state index in [2.05, 4.69) is 9.97 Å². The lowest BCUT2D eigenvalue weighted by Crippen LogP contribution is -1.90. The molecule has 43 valence electrons. The first-order valence-electron chi connectivity index (χ1n) is 2.46. The molecule has 1 radical (unpaired) electrons. The lowest BCUT2D eigenvalue weighted by molar-refractivity contribution is 0.0990. The van der Waals surface area contributed by atoms with Crippen LogP contribution in [0.15, 0.2) is 12.4 Å². The fourth-order valence-electron chi connectivity index (χ4n) is 0.500. The van der Waals surface area contributed by atoms with Crippen LogP contribution in [0.4, 0.5) is 0 Å². The van der Waals surface area contributed by atoms with E-state index in [9.17, 15) is 5.11 Å². The molecule has 1 aromatic rings. The standard InChI is InChI=1S/C5H7N2O/c1-4(8)5-6-2-3-7-5/h2-4H,1H3,(H,6,7). The average molecular weight is 111 g/mol. The Bertz CT molecular complexity index is 145. The Labute approximate surface area is 47.4 Å². The van der Waals surface area contributed by atoms with Crippen molar-refractivity contribution in [3.05, 3.63) is 18.2 Å². The van der Waals surface area contributed by atoms with Crippen molar-refractivity contribution < 1.29 is 5.11 Å². The van der Waals surface area contributed by atoms with Gasteiger partial charge in [0, 0.05) is 12.4 Å². The van der Waals surface area contributed by atoms with Gasteiger partial charge in [-0.15, -0.1) is 0 Å². The molecule has 1 rings (SSSR count). The van der Waals surface area contributed by atoms with E-state index >= 15 is 0 Å². The molecule has 0 aromatic carbocycles. The van der Waals surface area contributed by atoms with Gasteiger partial charge in [-0.3, -0.25) is 0 Å². The molecule has 1 atom stereocenters. The van der Waals surface area contributed by atoms with Crippen LogP contribution < -0.4 is 0 Å². The van der Waals surface area contributed by atoms with Gasteiger partial charge in [-0.1, -0.05) is 0 Å². The summed E-state index contributed by atoms with van der Waals surface area (Å²) in [4.78, 5) is 6.46. The molecule has 0 aliphatic carbocycles. The van der Waals surface area contributed by atoms with Gasteiger partial charge in [0.15, 0.2) is 0 Å². The van der Waals surface area contributed by atoms with E-state index in [1.54, 1.807) is 19.3 Å². The summed E-state index contributed by atoms with van der Waals surface area (Å²) in [5.74, 6) is 0.505. The van der Waals surface area contributed by atoms with Crippen LogP contribution in [0.1, 0.15) is 18.9 Å². The number of aromatic amines is 1. The third-order valence-corrected chi connectivity index (χ3v) is 0.904. The van der Waals surface area contributed by atoms with E-state index in [0.717, 1.165) is 0 Å². The van der Waals surface area contributed by atoms with Gasteiger partial charge in [0.1, 0.15) is 11.9 Å². The molecule has 0 aliphatic rings. The average Bonchev–Trinajstić information content (AvgIpc) is 2.12. The number of nitrogens with one attached hydrogen (secondary N) is 1. The maximum atomic E-state index is 10.5. The van der Waals surface area contributed by atoms with Crippen LogP contribution in [0, 0.1) is 0 Å². The number of rotatable bonds is 1. The molecule has 1 heterocycles. The van der Waals surface area contributed by atoms with Crippen LogP contribution in [-0.4, -0.2) is 9.97 Å². The predicted octanol–water partition coefficient (Wildman–Crippen LogP) is 0.901. The number of H-pyrrole nitrogens is 1. The van der Waals surface area contributed by atoms with Crippen molar-refractivity contribution in [2.24, 2.45) is 0 Å². The first-order valence-corrected chi connectivity index (χ1v) is 2.46. The van der Waals surface area contributed by atoms with Gasteiger partial charge in [-0.2, -0.15) is 0 Å². The molecule has 8 heavy (non-hydrogen) atoms. The summed E-state index contributed by atoms with van der Waals surface area (Å²) in [6.07, 6.45) is 2.48. The van der Waals surface area contributed by atoms with Gasteiger partial charge < -0.3 is 4.98 Å². The highest BCUT2D eigenvalue weighted by molar-refractivity contribution is 4.89. The molecule has 0 bridgehead atoms. The first-order chi connectivity index (χ1) is 3.80. The molecule has 1 N–H and O–H groups in total. The van der Waals surface area contributed by atoms with Crippen molar-refractivity contribution in [2.45, 2.75) is 13.0 Å². The summed E-state index contributed by atoms with van der Waals surface area (Å²) < 4.78 is 0. The summed E-state index contributed by atoms with van der Waals surface area (Å²) in [6.45, 7) is 1.55. The summed E-state index contributed by atoms with van der Waals surface area (Å²) in [5.41, 5.74) is 0. The van der Waals surface area contributed by atoms with Gasteiger partial charge in [-0.05, 0) is 6.92 Å². The van der Waals surface area contributed by atoms with Crippen molar-refractivity contribution in [3.63, 3.8) is 0 Å². The van der Waals surface area contributed by atoms with E-state index in [4.69, 9.17) is 0 Å². The maximum Gasteiger partial charge on any atom is 0.148 e. The fraction of sp³-hybridized carbons (Fsp3) is 0.400. The quantitative estimate of drug-likeness (QED) is 0.575. The van der Waals surface area contributed by atoms with Gasteiger partial charge in [0.05, 0.1) is 0 Å². The SMILES string of the molecule is CC([O])c1ncc[nH]1. The zero-order chi connectivity index (χ0) is 5.98. The molecule has 0 fully saturated rings. The molecule has 0 saturated carbocycles. The first kappa shape index (κ1) is 5.31. The molecule has 0 spiro atoms. The number of imidazole rings is 1. The highest BCUT2D eigenvalue weighted by Gasteiger charge is 2.01. The Hall–Kier alpha value is -0.830. The monoisotopic (exact) mass is 111 g/mol. The summed E-state index contributed by atoms with van der Waals surface area (Å²) >= 11 is 0. The van der Waals surface area contributed by atoms with Gasteiger partial charge in [0.2, 0.25) is 0 Å². The largest absolute Gasteiger partial charge is 0.346 e. The zero-order valence-electron chi connectivity index (χ0n) is 4.59. The smallest absolute Gasteiger partial charge is 0.148 e. The third kappa shape index (κ3) is 0.869. The minimum atomic E-state index is -0.731. The van der Waals surface area contributed by atoms with E-state index in [1.165, 1.54) is 0 Å². The number of hydrogen-bond donors (Lipinski definition) is 1. The van der Waals surface area contributed by atoms with Crippen molar-refractivity contribution in [1.29, 1.82) is 0 Å². The fourth-order valence-corrected chi connectivity index (χ4v) is 0.500. The molecule has 1 unspecified atom stereocenters. The second kappa shape index (κ2) is 1.96. The molecular weight excluding hydrogens is 104 g/mol. The van der Waals surface area contributed by atoms with Crippen LogP contribution >= 0.6 is 0 Å². The van der Waals surface area contributed by atoms with Crippen molar-refractivity contribution in [3.8, 4) is 0 Å². The van der Waals surface area contributed by atoms with Crippen LogP contribution in [0.25, 0.3) is 0 Å². The second-order valence-electron chi connectivity index (χ2n) is 1.62. The van der Waals surface area contributed by atoms with Gasteiger partial charge in [-0.25, -0.2) is 10.1 Å². The minimum Gasteiger partial charge on any atom is -0.346 e. The molecule has 0 amide bonds. The Morgan fingerprint density at radius 3 is 2.88 bits per heavy atom. The molecule has 3 heteroatoms. The number of hydrogen-bond acceptors (Lipinski definition) is 1. The van der Waals surface area contributed by atoms with Gasteiger partial charge >= 0.3 is 0 Å². The Morgan fingerprint density at radius 1 is 1.88 bits per heavy atom. The van der Waals surface area contributed by atoms with Crippen LogP contribution in [0.5, 0.6) is 0 Å².